The third-order valence-corrected chi connectivity index (χ3v) is 5.07. The maximum Gasteiger partial charge on any atom is 0.00778 e. The first-order valence-corrected chi connectivity index (χ1v) is 8.45. The Balaban J connectivity index is 2.19. The van der Waals surface area contributed by atoms with E-state index < -0.39 is 0 Å². The van der Waals surface area contributed by atoms with Crippen molar-refractivity contribution in [3.63, 3.8) is 0 Å². The largest absolute Gasteiger partial charge is 0.314 e. The van der Waals surface area contributed by atoms with Crippen LogP contribution in [-0.2, 0) is 5.41 Å². The lowest BCUT2D eigenvalue weighted by Gasteiger charge is -2.37. The first-order valence-electron chi connectivity index (χ1n) is 8.45. The molecule has 1 saturated carbocycles. The van der Waals surface area contributed by atoms with Crippen molar-refractivity contribution < 1.29 is 0 Å². The molecule has 0 spiro atoms. The standard InChI is InChI=1S/C19H31N/c1-4-19(15-20-16(2)3,14-17-10-8-9-11-17)18-12-6-5-7-13-18/h5-7,12-13,16-17,20H,4,8-11,14-15H2,1-3H3. The van der Waals surface area contributed by atoms with Gasteiger partial charge >= 0.3 is 0 Å². The second kappa shape index (κ2) is 7.26. The average Bonchev–Trinajstić information content (AvgIpc) is 2.97. The van der Waals surface area contributed by atoms with Gasteiger partial charge in [-0.3, -0.25) is 0 Å². The Morgan fingerprint density at radius 3 is 2.35 bits per heavy atom. The molecule has 0 saturated heterocycles. The molecule has 112 valence electrons. The van der Waals surface area contributed by atoms with E-state index in [1.807, 2.05) is 0 Å². The minimum Gasteiger partial charge on any atom is -0.314 e. The molecule has 0 heterocycles. The van der Waals surface area contributed by atoms with Crippen molar-refractivity contribution in [3.05, 3.63) is 35.9 Å². The molecular formula is C19H31N. The summed E-state index contributed by atoms with van der Waals surface area (Å²) in [7, 11) is 0. The molecule has 1 aliphatic carbocycles. The van der Waals surface area contributed by atoms with Gasteiger partial charge in [0.05, 0.1) is 0 Å². The Morgan fingerprint density at radius 2 is 1.80 bits per heavy atom. The van der Waals surface area contributed by atoms with E-state index in [2.05, 4.69) is 56.4 Å². The van der Waals surface area contributed by atoms with E-state index in [1.54, 1.807) is 0 Å². The smallest absolute Gasteiger partial charge is 0.00778 e. The number of benzene rings is 1. The van der Waals surface area contributed by atoms with Crippen LogP contribution in [0.15, 0.2) is 30.3 Å². The third kappa shape index (κ3) is 3.85. The summed E-state index contributed by atoms with van der Waals surface area (Å²) < 4.78 is 0. The highest BCUT2D eigenvalue weighted by molar-refractivity contribution is 5.26. The molecule has 1 N–H and O–H groups in total. The van der Waals surface area contributed by atoms with Crippen molar-refractivity contribution >= 4 is 0 Å². The predicted octanol–water partition coefficient (Wildman–Crippen LogP) is 4.91. The Kier molecular flexibility index (Phi) is 5.65. The van der Waals surface area contributed by atoms with E-state index in [4.69, 9.17) is 0 Å². The van der Waals surface area contributed by atoms with Gasteiger partial charge in [0.2, 0.25) is 0 Å². The Bertz CT molecular complexity index is 378. The zero-order valence-corrected chi connectivity index (χ0v) is 13.5. The maximum atomic E-state index is 3.71. The van der Waals surface area contributed by atoms with Crippen molar-refractivity contribution in [3.8, 4) is 0 Å². The zero-order chi connectivity index (χ0) is 14.4. The van der Waals surface area contributed by atoms with E-state index >= 15 is 0 Å². The highest BCUT2D eigenvalue weighted by Crippen LogP contribution is 2.40. The third-order valence-electron chi connectivity index (χ3n) is 5.07. The van der Waals surface area contributed by atoms with Crippen molar-refractivity contribution in [2.24, 2.45) is 5.92 Å². The van der Waals surface area contributed by atoms with Crippen LogP contribution in [0.3, 0.4) is 0 Å². The normalized spacial score (nSPS) is 19.4. The van der Waals surface area contributed by atoms with Gasteiger partial charge in [-0.25, -0.2) is 0 Å². The lowest BCUT2D eigenvalue weighted by atomic mass is 9.71. The van der Waals surface area contributed by atoms with E-state index in [0.717, 1.165) is 12.5 Å². The van der Waals surface area contributed by atoms with Gasteiger partial charge in [-0.2, -0.15) is 0 Å². The van der Waals surface area contributed by atoms with Crippen LogP contribution in [0.5, 0.6) is 0 Å². The molecule has 0 radical (unpaired) electrons. The Labute approximate surface area is 125 Å². The van der Waals surface area contributed by atoms with Crippen molar-refractivity contribution in [1.82, 2.24) is 5.32 Å². The van der Waals surface area contributed by atoms with Crippen molar-refractivity contribution in [2.45, 2.75) is 70.8 Å². The minimum absolute atomic E-state index is 0.320. The monoisotopic (exact) mass is 273 g/mol. The van der Waals surface area contributed by atoms with Crippen LogP contribution in [0, 0.1) is 5.92 Å². The molecule has 0 aromatic heterocycles. The van der Waals surface area contributed by atoms with Gasteiger partial charge in [-0.1, -0.05) is 76.8 Å². The molecule has 1 heteroatoms. The summed E-state index contributed by atoms with van der Waals surface area (Å²) in [5.74, 6) is 0.934. The SMILES string of the molecule is CCC(CNC(C)C)(CC1CCCC1)c1ccccc1. The fourth-order valence-corrected chi connectivity index (χ4v) is 3.72. The second-order valence-corrected chi connectivity index (χ2v) is 6.89. The summed E-state index contributed by atoms with van der Waals surface area (Å²) in [5, 5.41) is 3.71. The van der Waals surface area contributed by atoms with Crippen molar-refractivity contribution in [2.75, 3.05) is 6.54 Å². The highest BCUT2D eigenvalue weighted by atomic mass is 14.9. The summed E-state index contributed by atoms with van der Waals surface area (Å²) in [5.41, 5.74) is 1.85. The molecule has 1 nitrogen and oxygen atoms in total. The van der Waals surface area contributed by atoms with E-state index in [-0.39, 0.29) is 0 Å². The molecule has 1 fully saturated rings. The van der Waals surface area contributed by atoms with Crippen LogP contribution in [0.4, 0.5) is 0 Å². The van der Waals surface area contributed by atoms with Gasteiger partial charge in [0.15, 0.2) is 0 Å². The Hall–Kier alpha value is -0.820. The summed E-state index contributed by atoms with van der Waals surface area (Å²) in [6.07, 6.45) is 8.35. The molecule has 1 atom stereocenters. The molecule has 1 unspecified atom stereocenters. The number of nitrogens with one attached hydrogen (secondary N) is 1. The molecular weight excluding hydrogens is 242 g/mol. The van der Waals surface area contributed by atoms with Gasteiger partial charge in [0.25, 0.3) is 0 Å². The second-order valence-electron chi connectivity index (χ2n) is 6.89. The molecule has 0 aliphatic heterocycles. The molecule has 20 heavy (non-hydrogen) atoms. The molecule has 0 bridgehead atoms. The van der Waals surface area contributed by atoms with Gasteiger partial charge in [0.1, 0.15) is 0 Å². The van der Waals surface area contributed by atoms with Gasteiger partial charge in [0, 0.05) is 18.0 Å². The summed E-state index contributed by atoms with van der Waals surface area (Å²) >= 11 is 0. The first kappa shape index (κ1) is 15.6. The number of hydrogen-bond donors (Lipinski definition) is 1. The lowest BCUT2D eigenvalue weighted by molar-refractivity contribution is 0.285. The van der Waals surface area contributed by atoms with E-state index in [0.29, 0.717) is 11.5 Å². The molecule has 1 aromatic carbocycles. The fourth-order valence-electron chi connectivity index (χ4n) is 3.72. The highest BCUT2D eigenvalue weighted by Gasteiger charge is 2.34. The zero-order valence-electron chi connectivity index (χ0n) is 13.5. The number of hydrogen-bond acceptors (Lipinski definition) is 1. The van der Waals surface area contributed by atoms with Gasteiger partial charge in [-0.15, -0.1) is 0 Å². The maximum absolute atomic E-state index is 3.71. The van der Waals surface area contributed by atoms with E-state index in [1.165, 1.54) is 44.1 Å². The summed E-state index contributed by atoms with van der Waals surface area (Å²) in [6, 6.07) is 11.8. The van der Waals surface area contributed by atoms with E-state index in [9.17, 15) is 0 Å². The Morgan fingerprint density at radius 1 is 1.15 bits per heavy atom. The summed E-state index contributed by atoms with van der Waals surface area (Å²) in [4.78, 5) is 0. The lowest BCUT2D eigenvalue weighted by Crippen LogP contribution is -2.41. The molecule has 1 aliphatic rings. The van der Waals surface area contributed by atoms with Crippen molar-refractivity contribution in [1.29, 1.82) is 0 Å². The molecule has 0 amide bonds. The number of rotatable bonds is 7. The van der Waals surface area contributed by atoms with Crippen LogP contribution < -0.4 is 5.32 Å². The van der Waals surface area contributed by atoms with Crippen LogP contribution in [0.25, 0.3) is 0 Å². The van der Waals surface area contributed by atoms with Crippen LogP contribution in [0.2, 0.25) is 0 Å². The minimum atomic E-state index is 0.320. The van der Waals surface area contributed by atoms with Crippen LogP contribution in [0.1, 0.15) is 64.9 Å². The fraction of sp³-hybridized carbons (Fsp3) is 0.684. The molecule has 2 rings (SSSR count). The quantitative estimate of drug-likeness (QED) is 0.744. The van der Waals surface area contributed by atoms with Crippen LogP contribution in [-0.4, -0.2) is 12.6 Å². The predicted molar refractivity (Wildman–Crippen MR) is 88.1 cm³/mol. The molecule has 1 aromatic rings. The van der Waals surface area contributed by atoms with Crippen LogP contribution >= 0.6 is 0 Å². The average molecular weight is 273 g/mol. The topological polar surface area (TPSA) is 12.0 Å². The van der Waals surface area contributed by atoms with Gasteiger partial charge in [-0.05, 0) is 24.3 Å². The van der Waals surface area contributed by atoms with Gasteiger partial charge < -0.3 is 5.32 Å². The first-order chi connectivity index (χ1) is 9.66. The summed E-state index contributed by atoms with van der Waals surface area (Å²) in [6.45, 7) is 7.98.